The minimum atomic E-state index is -0.666. The molecule has 0 unspecified atom stereocenters. The largest absolute Gasteiger partial charge is 0.393 e. The third-order valence-electron chi connectivity index (χ3n) is 3.30. The molecule has 2 aromatic carbocycles. The fourth-order valence-electron chi connectivity index (χ4n) is 2.11. The van der Waals surface area contributed by atoms with Crippen LogP contribution in [-0.4, -0.2) is 17.1 Å². The van der Waals surface area contributed by atoms with E-state index in [0.29, 0.717) is 13.0 Å². The number of hydrogen-bond donors (Lipinski definition) is 2. The van der Waals surface area contributed by atoms with Gasteiger partial charge in [0.05, 0.1) is 19.1 Å². The molecule has 0 heterocycles. The number of hydrogen-bond acceptors (Lipinski definition) is 3. The zero-order valence-electron chi connectivity index (χ0n) is 12.4. The van der Waals surface area contributed by atoms with E-state index in [4.69, 9.17) is 4.84 Å². The average molecular weight is 299 g/mol. The van der Waals surface area contributed by atoms with Gasteiger partial charge in [0.25, 0.3) is 0 Å². The standard InChI is InChI=1S/C18H21NO3/c20-17(12-11-15-7-3-1-4-8-15)13-18(21)19-22-14-16-9-5-2-6-10-16/h1-10,17,20H,11-14H2,(H,19,21)/t17-/m0/s1. The lowest BCUT2D eigenvalue weighted by Gasteiger charge is -2.11. The van der Waals surface area contributed by atoms with Gasteiger partial charge in [-0.2, -0.15) is 0 Å². The first kappa shape index (κ1) is 16.2. The third kappa shape index (κ3) is 6.08. The van der Waals surface area contributed by atoms with E-state index in [2.05, 4.69) is 5.48 Å². The highest BCUT2D eigenvalue weighted by molar-refractivity contribution is 5.75. The summed E-state index contributed by atoms with van der Waals surface area (Å²) >= 11 is 0. The van der Waals surface area contributed by atoms with E-state index < -0.39 is 6.10 Å². The maximum atomic E-state index is 11.7. The minimum absolute atomic E-state index is 0.0433. The van der Waals surface area contributed by atoms with Crippen LogP contribution in [0.4, 0.5) is 0 Å². The van der Waals surface area contributed by atoms with E-state index in [-0.39, 0.29) is 12.3 Å². The molecule has 2 N–H and O–H groups in total. The zero-order chi connectivity index (χ0) is 15.6. The third-order valence-corrected chi connectivity index (χ3v) is 3.30. The van der Waals surface area contributed by atoms with Crippen LogP contribution < -0.4 is 5.48 Å². The molecule has 0 fully saturated rings. The highest BCUT2D eigenvalue weighted by Gasteiger charge is 2.11. The SMILES string of the molecule is O=C(C[C@@H](O)CCc1ccccc1)NOCc1ccccc1. The van der Waals surface area contributed by atoms with Crippen molar-refractivity contribution in [3.05, 3.63) is 71.8 Å². The maximum Gasteiger partial charge on any atom is 0.246 e. The van der Waals surface area contributed by atoms with Gasteiger partial charge >= 0.3 is 0 Å². The molecular formula is C18H21NO3. The van der Waals surface area contributed by atoms with Crippen molar-refractivity contribution in [3.8, 4) is 0 Å². The predicted molar refractivity (Wildman–Crippen MR) is 84.8 cm³/mol. The molecule has 0 aliphatic rings. The summed E-state index contributed by atoms with van der Waals surface area (Å²) in [5.74, 6) is -0.309. The summed E-state index contributed by atoms with van der Waals surface area (Å²) in [6.45, 7) is 0.312. The fourth-order valence-corrected chi connectivity index (χ4v) is 2.11. The monoisotopic (exact) mass is 299 g/mol. The van der Waals surface area contributed by atoms with Crippen LogP contribution >= 0.6 is 0 Å². The first-order chi connectivity index (χ1) is 10.7. The Balaban J connectivity index is 1.62. The summed E-state index contributed by atoms with van der Waals surface area (Å²) < 4.78 is 0. The van der Waals surface area contributed by atoms with Crippen molar-refractivity contribution in [1.82, 2.24) is 5.48 Å². The smallest absolute Gasteiger partial charge is 0.246 e. The van der Waals surface area contributed by atoms with Gasteiger partial charge in [0.2, 0.25) is 5.91 Å². The van der Waals surface area contributed by atoms with Gasteiger partial charge in [0.1, 0.15) is 0 Å². The van der Waals surface area contributed by atoms with Crippen molar-refractivity contribution in [3.63, 3.8) is 0 Å². The van der Waals surface area contributed by atoms with E-state index in [1.807, 2.05) is 60.7 Å². The van der Waals surface area contributed by atoms with Crippen LogP contribution in [0.3, 0.4) is 0 Å². The van der Waals surface area contributed by atoms with E-state index >= 15 is 0 Å². The Kier molecular flexibility index (Phi) is 6.61. The first-order valence-electron chi connectivity index (χ1n) is 7.40. The molecule has 0 saturated carbocycles. The molecule has 4 heteroatoms. The van der Waals surface area contributed by atoms with Crippen LogP contribution in [0.5, 0.6) is 0 Å². The minimum Gasteiger partial charge on any atom is -0.393 e. The summed E-state index contributed by atoms with van der Waals surface area (Å²) in [4.78, 5) is 16.8. The molecule has 0 saturated heterocycles. The van der Waals surface area contributed by atoms with Crippen molar-refractivity contribution in [1.29, 1.82) is 0 Å². The number of hydroxylamine groups is 1. The molecule has 22 heavy (non-hydrogen) atoms. The molecule has 0 radical (unpaired) electrons. The Morgan fingerprint density at radius 2 is 1.59 bits per heavy atom. The number of aliphatic hydroxyl groups excluding tert-OH is 1. The number of aryl methyl sites for hydroxylation is 1. The van der Waals surface area contributed by atoms with E-state index in [1.54, 1.807) is 0 Å². The number of aliphatic hydroxyl groups is 1. The molecule has 0 aliphatic heterocycles. The van der Waals surface area contributed by atoms with Crippen molar-refractivity contribution < 1.29 is 14.7 Å². The summed E-state index contributed by atoms with van der Waals surface area (Å²) in [5.41, 5.74) is 4.50. The second-order valence-electron chi connectivity index (χ2n) is 5.18. The lowest BCUT2D eigenvalue weighted by Crippen LogP contribution is -2.27. The Bertz CT molecular complexity index is 557. The van der Waals surface area contributed by atoms with Crippen molar-refractivity contribution in [2.45, 2.75) is 32.0 Å². The predicted octanol–water partition coefficient (Wildman–Crippen LogP) is 2.62. The molecule has 2 aromatic rings. The molecule has 4 nitrogen and oxygen atoms in total. The average Bonchev–Trinajstić information content (AvgIpc) is 2.55. The Morgan fingerprint density at radius 1 is 1.00 bits per heavy atom. The highest BCUT2D eigenvalue weighted by Crippen LogP contribution is 2.07. The highest BCUT2D eigenvalue weighted by atomic mass is 16.6. The van der Waals surface area contributed by atoms with E-state index in [9.17, 15) is 9.90 Å². The van der Waals surface area contributed by atoms with Crippen LogP contribution in [0.25, 0.3) is 0 Å². The number of amides is 1. The van der Waals surface area contributed by atoms with Gasteiger partial charge in [-0.15, -0.1) is 0 Å². The molecule has 2 rings (SSSR count). The Labute approximate surface area is 130 Å². The second kappa shape index (κ2) is 8.97. The molecule has 116 valence electrons. The Morgan fingerprint density at radius 3 is 2.23 bits per heavy atom. The summed E-state index contributed by atoms with van der Waals surface area (Å²) in [7, 11) is 0. The summed E-state index contributed by atoms with van der Waals surface area (Å²) in [5, 5.41) is 9.88. The van der Waals surface area contributed by atoms with Crippen LogP contribution in [0, 0.1) is 0 Å². The van der Waals surface area contributed by atoms with Crippen molar-refractivity contribution in [2.24, 2.45) is 0 Å². The first-order valence-corrected chi connectivity index (χ1v) is 7.40. The molecule has 1 atom stereocenters. The topological polar surface area (TPSA) is 58.6 Å². The van der Waals surface area contributed by atoms with Crippen molar-refractivity contribution >= 4 is 5.91 Å². The van der Waals surface area contributed by atoms with E-state index in [0.717, 1.165) is 17.5 Å². The molecule has 0 aliphatic carbocycles. The normalized spacial score (nSPS) is 11.9. The van der Waals surface area contributed by atoms with Crippen LogP contribution in [-0.2, 0) is 22.7 Å². The van der Waals surface area contributed by atoms with Crippen LogP contribution in [0.1, 0.15) is 24.0 Å². The van der Waals surface area contributed by atoms with Gasteiger partial charge in [-0.1, -0.05) is 60.7 Å². The number of rotatable bonds is 8. The molecule has 0 bridgehead atoms. The lowest BCUT2D eigenvalue weighted by molar-refractivity contribution is -0.136. The van der Waals surface area contributed by atoms with Gasteiger partial charge < -0.3 is 5.11 Å². The van der Waals surface area contributed by atoms with Gasteiger partial charge in [-0.3, -0.25) is 9.63 Å². The van der Waals surface area contributed by atoms with Crippen LogP contribution in [0.15, 0.2) is 60.7 Å². The van der Waals surface area contributed by atoms with Gasteiger partial charge in [-0.05, 0) is 24.0 Å². The molecule has 1 amide bonds. The second-order valence-corrected chi connectivity index (χ2v) is 5.18. The Hall–Kier alpha value is -2.17. The zero-order valence-corrected chi connectivity index (χ0v) is 12.4. The number of carbonyl (C=O) groups is 1. The maximum absolute atomic E-state index is 11.7. The molecule has 0 aromatic heterocycles. The fraction of sp³-hybridized carbons (Fsp3) is 0.278. The number of nitrogens with one attached hydrogen (secondary N) is 1. The van der Waals surface area contributed by atoms with E-state index in [1.165, 1.54) is 0 Å². The quantitative estimate of drug-likeness (QED) is 0.737. The van der Waals surface area contributed by atoms with Gasteiger partial charge in [0, 0.05) is 0 Å². The summed E-state index contributed by atoms with van der Waals surface area (Å²) in [6.07, 6.45) is 0.679. The lowest BCUT2D eigenvalue weighted by atomic mass is 10.1. The van der Waals surface area contributed by atoms with Crippen LogP contribution in [0.2, 0.25) is 0 Å². The number of carbonyl (C=O) groups excluding carboxylic acids is 1. The van der Waals surface area contributed by atoms with Crippen molar-refractivity contribution in [2.75, 3.05) is 0 Å². The summed E-state index contributed by atoms with van der Waals surface area (Å²) in [6, 6.07) is 19.5. The molecule has 0 spiro atoms. The number of benzene rings is 2. The van der Waals surface area contributed by atoms with Gasteiger partial charge in [0.15, 0.2) is 0 Å². The van der Waals surface area contributed by atoms with Gasteiger partial charge in [-0.25, -0.2) is 5.48 Å². The molecular weight excluding hydrogens is 278 g/mol.